The Hall–Kier alpha value is -3.58. The van der Waals surface area contributed by atoms with Gasteiger partial charge >= 0.3 is 0 Å². The molecule has 2 aromatic heterocycles. The summed E-state index contributed by atoms with van der Waals surface area (Å²) in [6, 6.07) is 20.2. The molecule has 0 radical (unpaired) electrons. The lowest BCUT2D eigenvalue weighted by Gasteiger charge is -2.14. The van der Waals surface area contributed by atoms with E-state index >= 15 is 0 Å². The molecule has 0 aliphatic rings. The maximum atomic E-state index is 13.8. The van der Waals surface area contributed by atoms with Gasteiger partial charge in [0.05, 0.1) is 17.1 Å². The van der Waals surface area contributed by atoms with Crippen molar-refractivity contribution in [3.63, 3.8) is 0 Å². The van der Waals surface area contributed by atoms with Gasteiger partial charge in [-0.2, -0.15) is 9.78 Å². The van der Waals surface area contributed by atoms with Gasteiger partial charge in [0.1, 0.15) is 11.6 Å². The zero-order valence-corrected chi connectivity index (χ0v) is 22.0. The number of nitrogens with zero attached hydrogens (tertiary/aromatic N) is 4. The number of hydrogen-bond acceptors (Lipinski definition) is 3. The number of hydrogen-bond donors (Lipinski definition) is 0. The van der Waals surface area contributed by atoms with Crippen LogP contribution in [0.3, 0.4) is 0 Å². The summed E-state index contributed by atoms with van der Waals surface area (Å²) in [5.41, 5.74) is 4.26. The van der Waals surface area contributed by atoms with E-state index in [4.69, 9.17) is 10.1 Å². The van der Waals surface area contributed by atoms with Crippen LogP contribution in [0.15, 0.2) is 81.1 Å². The zero-order valence-electron chi connectivity index (χ0n) is 20.4. The fourth-order valence-corrected chi connectivity index (χ4v) is 4.90. The Morgan fingerprint density at radius 2 is 1.89 bits per heavy atom. The molecule has 7 heteroatoms. The Bertz CT molecular complexity index is 1680. The van der Waals surface area contributed by atoms with Gasteiger partial charge in [0.25, 0.3) is 5.56 Å². The maximum absolute atomic E-state index is 13.8. The predicted octanol–water partition coefficient (Wildman–Crippen LogP) is 7.01. The van der Waals surface area contributed by atoms with Crippen molar-refractivity contribution in [1.29, 1.82) is 0 Å². The summed E-state index contributed by atoms with van der Waals surface area (Å²) in [5.74, 6) is 0.434. The van der Waals surface area contributed by atoms with Crippen molar-refractivity contribution in [1.82, 2.24) is 14.2 Å². The van der Waals surface area contributed by atoms with Gasteiger partial charge in [0, 0.05) is 39.1 Å². The van der Waals surface area contributed by atoms with Gasteiger partial charge in [-0.1, -0.05) is 60.1 Å². The number of aromatic nitrogens is 3. The average Bonchev–Trinajstić information content (AvgIpc) is 3.14. The lowest BCUT2D eigenvalue weighted by molar-refractivity contribution is 0.613. The summed E-state index contributed by atoms with van der Waals surface area (Å²) in [6.07, 6.45) is 2.58. The molecule has 0 aliphatic carbocycles. The highest BCUT2D eigenvalue weighted by molar-refractivity contribution is 9.10. The van der Waals surface area contributed by atoms with E-state index in [0.717, 1.165) is 38.6 Å². The van der Waals surface area contributed by atoms with Crippen LogP contribution in [0.2, 0.25) is 0 Å². The van der Waals surface area contributed by atoms with Crippen molar-refractivity contribution in [2.45, 2.75) is 39.7 Å². The predicted molar refractivity (Wildman–Crippen MR) is 148 cm³/mol. The quantitative estimate of drug-likeness (QED) is 0.216. The first-order valence-electron chi connectivity index (χ1n) is 12.0. The van der Waals surface area contributed by atoms with Crippen LogP contribution in [-0.4, -0.2) is 20.4 Å². The number of benzene rings is 3. The van der Waals surface area contributed by atoms with Gasteiger partial charge in [-0.15, -0.1) is 0 Å². The number of rotatable bonds is 6. The number of para-hydroxylation sites is 1. The second-order valence-corrected chi connectivity index (χ2v) is 9.95. The third-order valence-corrected chi connectivity index (χ3v) is 7.19. The van der Waals surface area contributed by atoms with Crippen LogP contribution < -0.4 is 5.56 Å². The Balaban J connectivity index is 1.67. The van der Waals surface area contributed by atoms with Crippen LogP contribution in [-0.2, 0) is 6.54 Å². The van der Waals surface area contributed by atoms with E-state index in [-0.39, 0.29) is 17.3 Å². The minimum absolute atomic E-state index is 0.0540. The third kappa shape index (κ3) is 4.39. The molecule has 0 N–H and O–H groups in total. The fourth-order valence-electron chi connectivity index (χ4n) is 4.54. The topological polar surface area (TPSA) is 52.2 Å². The Morgan fingerprint density at radius 3 is 2.67 bits per heavy atom. The average molecular weight is 545 g/mol. The van der Waals surface area contributed by atoms with Gasteiger partial charge in [-0.3, -0.25) is 4.79 Å². The highest BCUT2D eigenvalue weighted by atomic mass is 79.9. The van der Waals surface area contributed by atoms with Crippen LogP contribution in [0.4, 0.5) is 4.39 Å². The van der Waals surface area contributed by atoms with Crippen molar-refractivity contribution in [2.75, 3.05) is 0 Å². The van der Waals surface area contributed by atoms with E-state index in [1.165, 1.54) is 10.7 Å². The molecule has 0 saturated carbocycles. The standard InChI is InChI=1S/C29H26BrFN4O/c1-4-18(2)28-33-26-13-12-21(30)15-24(26)29(36)35(28)32-16-25-19(3)34(27-11-6-5-10-23(25)27)17-20-8-7-9-22(31)14-20/h5-16,18H,4,17H2,1-3H3/t18-/m1/s1. The van der Waals surface area contributed by atoms with E-state index in [9.17, 15) is 9.18 Å². The Labute approximate surface area is 217 Å². The highest BCUT2D eigenvalue weighted by Crippen LogP contribution is 2.26. The van der Waals surface area contributed by atoms with E-state index < -0.39 is 0 Å². The highest BCUT2D eigenvalue weighted by Gasteiger charge is 2.17. The third-order valence-electron chi connectivity index (χ3n) is 6.70. The van der Waals surface area contributed by atoms with Crippen molar-refractivity contribution in [2.24, 2.45) is 5.10 Å². The van der Waals surface area contributed by atoms with Gasteiger partial charge in [-0.05, 0) is 55.3 Å². The molecule has 0 bridgehead atoms. The zero-order chi connectivity index (χ0) is 25.4. The fraction of sp³-hybridized carbons (Fsp3) is 0.207. The molecule has 0 unspecified atom stereocenters. The second-order valence-electron chi connectivity index (χ2n) is 9.03. The maximum Gasteiger partial charge on any atom is 0.282 e. The van der Waals surface area contributed by atoms with Gasteiger partial charge in [0.15, 0.2) is 0 Å². The number of halogens is 2. The van der Waals surface area contributed by atoms with Crippen molar-refractivity contribution >= 4 is 44.0 Å². The summed E-state index contributed by atoms with van der Waals surface area (Å²) >= 11 is 3.46. The van der Waals surface area contributed by atoms with E-state index in [1.54, 1.807) is 24.4 Å². The molecular weight excluding hydrogens is 519 g/mol. The van der Waals surface area contributed by atoms with Crippen molar-refractivity contribution in [3.8, 4) is 0 Å². The minimum atomic E-state index is -0.254. The van der Waals surface area contributed by atoms with Crippen LogP contribution in [0.1, 0.15) is 48.8 Å². The molecule has 5 rings (SSSR count). The first-order valence-corrected chi connectivity index (χ1v) is 12.8. The van der Waals surface area contributed by atoms with Crippen molar-refractivity contribution in [3.05, 3.63) is 110 Å². The molecule has 0 saturated heterocycles. The number of fused-ring (bicyclic) bond motifs is 2. The molecule has 1 atom stereocenters. The normalized spacial score (nSPS) is 12.7. The van der Waals surface area contributed by atoms with Gasteiger partial charge < -0.3 is 4.57 Å². The van der Waals surface area contributed by atoms with Crippen molar-refractivity contribution < 1.29 is 4.39 Å². The summed E-state index contributed by atoms with van der Waals surface area (Å²) in [6.45, 7) is 6.67. The summed E-state index contributed by atoms with van der Waals surface area (Å²) in [5, 5.41) is 6.23. The van der Waals surface area contributed by atoms with Crippen LogP contribution >= 0.6 is 15.9 Å². The lowest BCUT2D eigenvalue weighted by atomic mass is 10.1. The molecule has 36 heavy (non-hydrogen) atoms. The molecule has 0 spiro atoms. The molecule has 0 aliphatic heterocycles. The van der Waals surface area contributed by atoms with E-state index in [2.05, 4.69) is 34.3 Å². The molecule has 3 aromatic carbocycles. The Kier molecular flexibility index (Phi) is 6.58. The molecule has 5 nitrogen and oxygen atoms in total. The van der Waals surface area contributed by atoms with Gasteiger partial charge in [-0.25, -0.2) is 9.37 Å². The lowest BCUT2D eigenvalue weighted by Crippen LogP contribution is -2.23. The van der Waals surface area contributed by atoms with Crippen LogP contribution in [0.25, 0.3) is 21.8 Å². The Morgan fingerprint density at radius 1 is 1.08 bits per heavy atom. The molecule has 0 amide bonds. The molecule has 5 aromatic rings. The monoisotopic (exact) mass is 544 g/mol. The molecule has 2 heterocycles. The molecule has 182 valence electrons. The van der Waals surface area contributed by atoms with Gasteiger partial charge in [0.2, 0.25) is 0 Å². The van der Waals surface area contributed by atoms with Crippen LogP contribution in [0.5, 0.6) is 0 Å². The summed E-state index contributed by atoms with van der Waals surface area (Å²) in [4.78, 5) is 18.3. The summed E-state index contributed by atoms with van der Waals surface area (Å²) < 4.78 is 18.2. The van der Waals surface area contributed by atoms with E-state index in [0.29, 0.717) is 23.3 Å². The SMILES string of the molecule is CC[C@@H](C)c1nc2ccc(Br)cc2c(=O)n1N=Cc1c(C)n(Cc2cccc(F)c2)c2ccccc12. The first-order chi connectivity index (χ1) is 17.4. The second kappa shape index (κ2) is 9.82. The largest absolute Gasteiger partial charge is 0.340 e. The molecule has 0 fully saturated rings. The summed E-state index contributed by atoms with van der Waals surface area (Å²) in [7, 11) is 0. The smallest absolute Gasteiger partial charge is 0.282 e. The minimum Gasteiger partial charge on any atom is -0.340 e. The van der Waals surface area contributed by atoms with E-state index in [1.807, 2.05) is 49.4 Å². The van der Waals surface area contributed by atoms with Crippen LogP contribution in [0, 0.1) is 12.7 Å². The first kappa shape index (κ1) is 24.1. The molecular formula is C29H26BrFN4O.